The van der Waals surface area contributed by atoms with E-state index >= 15 is 0 Å². The molecule has 0 fully saturated rings. The van der Waals surface area contributed by atoms with Crippen molar-refractivity contribution in [2.75, 3.05) is 19.5 Å². The highest BCUT2D eigenvalue weighted by Gasteiger charge is 2.05. The first-order valence-electron chi connectivity index (χ1n) is 6.14. The summed E-state index contributed by atoms with van der Waals surface area (Å²) in [4.78, 5) is 4.03. The van der Waals surface area contributed by atoms with Crippen LogP contribution in [0.15, 0.2) is 36.5 Å². The van der Waals surface area contributed by atoms with E-state index in [1.54, 1.807) is 7.11 Å². The van der Waals surface area contributed by atoms with Gasteiger partial charge in [0.2, 0.25) is 5.88 Å². The van der Waals surface area contributed by atoms with Crippen molar-refractivity contribution in [3.8, 4) is 17.7 Å². The first kappa shape index (κ1) is 13.8. The number of benzene rings is 1. The average Bonchev–Trinajstić information content (AvgIpc) is 2.48. The Bertz CT molecular complexity index is 618. The van der Waals surface area contributed by atoms with Gasteiger partial charge < -0.3 is 15.2 Å². The lowest BCUT2D eigenvalue weighted by Crippen LogP contribution is -1.97. The summed E-state index contributed by atoms with van der Waals surface area (Å²) in [5.41, 5.74) is 7.70. The number of anilines is 1. The minimum atomic E-state index is 0.300. The van der Waals surface area contributed by atoms with Crippen molar-refractivity contribution < 1.29 is 9.47 Å². The quantitative estimate of drug-likeness (QED) is 0.902. The number of hydrogen-bond acceptors (Lipinski definition) is 5. The molecule has 0 atom stereocenters. The summed E-state index contributed by atoms with van der Waals surface area (Å²) in [6.07, 6.45) is 2.28. The second-order valence-corrected chi connectivity index (χ2v) is 4.22. The number of pyridine rings is 1. The van der Waals surface area contributed by atoms with Crippen LogP contribution in [0.5, 0.6) is 11.6 Å². The molecule has 2 aromatic rings. The van der Waals surface area contributed by atoms with Crippen molar-refractivity contribution in [1.82, 2.24) is 4.98 Å². The third-order valence-corrected chi connectivity index (χ3v) is 2.74. The highest BCUT2D eigenvalue weighted by atomic mass is 16.5. The topological polar surface area (TPSA) is 81.2 Å². The lowest BCUT2D eigenvalue weighted by Gasteiger charge is -2.08. The average molecular weight is 269 g/mol. The van der Waals surface area contributed by atoms with Crippen molar-refractivity contribution in [1.29, 1.82) is 5.26 Å². The van der Waals surface area contributed by atoms with E-state index < -0.39 is 0 Å². The molecule has 2 N–H and O–H groups in total. The number of aromatic nitrogens is 1. The molecule has 1 aromatic carbocycles. The monoisotopic (exact) mass is 269 g/mol. The summed E-state index contributed by atoms with van der Waals surface area (Å²) in [5.74, 6) is 0.948. The van der Waals surface area contributed by atoms with Crippen molar-refractivity contribution in [3.05, 3.63) is 47.7 Å². The number of rotatable bonds is 5. The van der Waals surface area contributed by atoms with Crippen LogP contribution in [-0.2, 0) is 11.2 Å². The van der Waals surface area contributed by atoms with Crippen LogP contribution < -0.4 is 10.5 Å². The zero-order valence-electron chi connectivity index (χ0n) is 11.2. The molecule has 102 valence electrons. The molecule has 0 aliphatic rings. The van der Waals surface area contributed by atoms with Gasteiger partial charge in [-0.1, -0.05) is 12.1 Å². The molecule has 0 aliphatic carbocycles. The normalized spacial score (nSPS) is 10.0. The van der Waals surface area contributed by atoms with E-state index in [1.165, 1.54) is 17.8 Å². The van der Waals surface area contributed by atoms with Gasteiger partial charge in [-0.15, -0.1) is 0 Å². The molecule has 0 bridgehead atoms. The van der Waals surface area contributed by atoms with Gasteiger partial charge in [-0.25, -0.2) is 4.98 Å². The van der Waals surface area contributed by atoms with Gasteiger partial charge in [-0.05, 0) is 30.2 Å². The molecule has 0 saturated heterocycles. The molecular formula is C15H15N3O2. The van der Waals surface area contributed by atoms with Crippen molar-refractivity contribution >= 4 is 5.69 Å². The van der Waals surface area contributed by atoms with Gasteiger partial charge in [0.05, 0.1) is 17.9 Å². The van der Waals surface area contributed by atoms with Crippen LogP contribution >= 0.6 is 0 Å². The fraction of sp³-hybridized carbons (Fsp3) is 0.200. The summed E-state index contributed by atoms with van der Waals surface area (Å²) >= 11 is 0. The number of nitrogens with two attached hydrogens (primary N) is 1. The summed E-state index contributed by atoms with van der Waals surface area (Å²) in [6.45, 7) is 0.685. The molecule has 1 aromatic heterocycles. The van der Waals surface area contributed by atoms with Crippen LogP contribution in [0.4, 0.5) is 5.69 Å². The molecule has 1 heterocycles. The molecule has 5 heteroatoms. The molecule has 5 nitrogen and oxygen atoms in total. The largest absolute Gasteiger partial charge is 0.437 e. The highest BCUT2D eigenvalue weighted by molar-refractivity contribution is 5.53. The Hall–Kier alpha value is -2.58. The maximum Gasteiger partial charge on any atom is 0.242 e. The van der Waals surface area contributed by atoms with E-state index in [1.807, 2.05) is 30.3 Å². The maximum atomic E-state index is 8.75. The number of hydrogen-bond donors (Lipinski definition) is 1. The first-order chi connectivity index (χ1) is 9.72. The first-order valence-corrected chi connectivity index (χ1v) is 6.14. The third kappa shape index (κ3) is 3.46. The van der Waals surface area contributed by atoms with Crippen LogP contribution in [0.25, 0.3) is 0 Å². The summed E-state index contributed by atoms with van der Waals surface area (Å²) < 4.78 is 10.6. The maximum absolute atomic E-state index is 8.75. The molecule has 0 saturated carbocycles. The van der Waals surface area contributed by atoms with Gasteiger partial charge in [0.15, 0.2) is 0 Å². The Morgan fingerprint density at radius 3 is 2.65 bits per heavy atom. The Kier molecular flexibility index (Phi) is 4.53. The van der Waals surface area contributed by atoms with E-state index in [9.17, 15) is 0 Å². The second kappa shape index (κ2) is 6.55. The smallest absolute Gasteiger partial charge is 0.242 e. The Balaban J connectivity index is 2.08. The third-order valence-electron chi connectivity index (χ3n) is 2.74. The molecular weight excluding hydrogens is 254 g/mol. The SMILES string of the molecule is COCCc1ccc(Oc2ncc(C#N)cc2N)cc1. The standard InChI is InChI=1S/C15H15N3O2/c1-19-7-6-11-2-4-13(5-3-11)20-15-14(17)8-12(9-16)10-18-15/h2-5,8,10H,6-7,17H2,1H3. The van der Waals surface area contributed by atoms with E-state index in [4.69, 9.17) is 20.5 Å². The lowest BCUT2D eigenvalue weighted by atomic mass is 10.1. The van der Waals surface area contributed by atoms with Crippen LogP contribution in [-0.4, -0.2) is 18.7 Å². The molecule has 0 amide bonds. The van der Waals surface area contributed by atoms with Gasteiger partial charge in [0, 0.05) is 13.3 Å². The van der Waals surface area contributed by atoms with E-state index in [0.29, 0.717) is 29.5 Å². The zero-order valence-corrected chi connectivity index (χ0v) is 11.2. The number of nitrogen functional groups attached to an aromatic ring is 1. The van der Waals surface area contributed by atoms with Crippen molar-refractivity contribution in [2.45, 2.75) is 6.42 Å². The van der Waals surface area contributed by atoms with Gasteiger partial charge in [-0.2, -0.15) is 5.26 Å². The molecule has 0 radical (unpaired) electrons. The van der Waals surface area contributed by atoms with Gasteiger partial charge in [-0.3, -0.25) is 0 Å². The fourth-order valence-electron chi connectivity index (χ4n) is 1.67. The Morgan fingerprint density at radius 2 is 2.05 bits per heavy atom. The van der Waals surface area contributed by atoms with Gasteiger partial charge in [0.1, 0.15) is 11.8 Å². The predicted molar refractivity (Wildman–Crippen MR) is 75.5 cm³/mol. The minimum absolute atomic E-state index is 0.300. The predicted octanol–water partition coefficient (Wildman–Crippen LogP) is 2.52. The van der Waals surface area contributed by atoms with Gasteiger partial charge in [0.25, 0.3) is 0 Å². The summed E-state index contributed by atoms with van der Waals surface area (Å²) in [6, 6.07) is 11.1. The summed E-state index contributed by atoms with van der Waals surface area (Å²) in [7, 11) is 1.68. The molecule has 0 spiro atoms. The Morgan fingerprint density at radius 1 is 1.30 bits per heavy atom. The van der Waals surface area contributed by atoms with Crippen LogP contribution in [0, 0.1) is 11.3 Å². The van der Waals surface area contributed by atoms with Crippen molar-refractivity contribution in [2.24, 2.45) is 0 Å². The number of nitrogens with zero attached hydrogens (tertiary/aromatic N) is 2. The molecule has 2 rings (SSSR count). The van der Waals surface area contributed by atoms with Crippen LogP contribution in [0.2, 0.25) is 0 Å². The molecule has 0 unspecified atom stereocenters. The zero-order chi connectivity index (χ0) is 14.4. The number of methoxy groups -OCH3 is 1. The molecule has 20 heavy (non-hydrogen) atoms. The fourth-order valence-corrected chi connectivity index (χ4v) is 1.67. The minimum Gasteiger partial charge on any atom is -0.437 e. The number of ether oxygens (including phenoxy) is 2. The lowest BCUT2D eigenvalue weighted by molar-refractivity contribution is 0.202. The van der Waals surface area contributed by atoms with E-state index in [2.05, 4.69) is 4.98 Å². The van der Waals surface area contributed by atoms with E-state index in [0.717, 1.165) is 6.42 Å². The van der Waals surface area contributed by atoms with Crippen LogP contribution in [0.3, 0.4) is 0 Å². The van der Waals surface area contributed by atoms with Crippen LogP contribution in [0.1, 0.15) is 11.1 Å². The summed E-state index contributed by atoms with van der Waals surface area (Å²) in [5, 5.41) is 8.75. The van der Waals surface area contributed by atoms with Crippen molar-refractivity contribution in [3.63, 3.8) is 0 Å². The highest BCUT2D eigenvalue weighted by Crippen LogP contribution is 2.25. The number of nitriles is 1. The Labute approximate surface area is 117 Å². The van der Waals surface area contributed by atoms with E-state index in [-0.39, 0.29) is 0 Å². The van der Waals surface area contributed by atoms with Gasteiger partial charge >= 0.3 is 0 Å². The molecule has 0 aliphatic heterocycles. The second-order valence-electron chi connectivity index (χ2n) is 4.22.